The van der Waals surface area contributed by atoms with Crippen LogP contribution in [0.1, 0.15) is 38.2 Å². The third-order valence-corrected chi connectivity index (χ3v) is 6.00. The lowest BCUT2D eigenvalue weighted by atomic mass is 9.98. The van der Waals surface area contributed by atoms with E-state index < -0.39 is 0 Å². The summed E-state index contributed by atoms with van der Waals surface area (Å²) < 4.78 is 2.62. The van der Waals surface area contributed by atoms with E-state index in [1.807, 2.05) is 36.4 Å². The summed E-state index contributed by atoms with van der Waals surface area (Å²) in [4.78, 5) is 26.3. The molecule has 0 bridgehead atoms. The van der Waals surface area contributed by atoms with Crippen LogP contribution in [0.4, 0.5) is 0 Å². The lowest BCUT2D eigenvalue weighted by molar-refractivity contribution is 0.104. The molecule has 0 aliphatic rings. The molecule has 30 heavy (non-hydrogen) atoms. The van der Waals surface area contributed by atoms with Crippen molar-refractivity contribution in [3.05, 3.63) is 115 Å². The Morgan fingerprint density at radius 1 is 0.900 bits per heavy atom. The van der Waals surface area contributed by atoms with Crippen LogP contribution < -0.4 is 5.56 Å². The summed E-state index contributed by atoms with van der Waals surface area (Å²) >= 11 is 3.51. The summed E-state index contributed by atoms with van der Waals surface area (Å²) in [6, 6.07) is 20.6. The van der Waals surface area contributed by atoms with E-state index in [2.05, 4.69) is 48.8 Å². The number of nitrogens with zero attached hydrogens (tertiary/aromatic N) is 1. The number of rotatable bonds is 4. The Morgan fingerprint density at radius 2 is 1.57 bits per heavy atom. The maximum Gasteiger partial charge on any atom is 0.252 e. The molecule has 0 fully saturated rings. The van der Waals surface area contributed by atoms with Crippen molar-refractivity contribution >= 4 is 32.6 Å². The molecule has 0 N–H and O–H groups in total. The SMILES string of the molecule is Cc1cc(C)c(Cn2c(=O)cc(C(=O)c3ccccc3)c3cc(Br)ccc32)c(C)c1. The van der Waals surface area contributed by atoms with E-state index in [-0.39, 0.29) is 11.3 Å². The van der Waals surface area contributed by atoms with Gasteiger partial charge in [0.15, 0.2) is 5.78 Å². The van der Waals surface area contributed by atoms with Crippen LogP contribution in [0.3, 0.4) is 0 Å². The largest absolute Gasteiger partial charge is 0.304 e. The van der Waals surface area contributed by atoms with Crippen LogP contribution in [-0.4, -0.2) is 10.4 Å². The van der Waals surface area contributed by atoms with Crippen molar-refractivity contribution < 1.29 is 4.79 Å². The Kier molecular flexibility index (Phi) is 5.44. The van der Waals surface area contributed by atoms with Crippen molar-refractivity contribution in [2.75, 3.05) is 0 Å². The molecule has 4 heteroatoms. The first-order chi connectivity index (χ1) is 14.3. The first kappa shape index (κ1) is 20.3. The molecule has 1 aromatic heterocycles. The van der Waals surface area contributed by atoms with Crippen LogP contribution in [0, 0.1) is 20.8 Å². The molecule has 0 amide bonds. The number of aryl methyl sites for hydroxylation is 3. The second-order valence-electron chi connectivity index (χ2n) is 7.72. The number of carbonyl (C=O) groups is 1. The van der Waals surface area contributed by atoms with Gasteiger partial charge in [-0.25, -0.2) is 0 Å². The van der Waals surface area contributed by atoms with Crippen LogP contribution >= 0.6 is 15.9 Å². The molecule has 0 unspecified atom stereocenters. The van der Waals surface area contributed by atoms with E-state index in [0.29, 0.717) is 17.7 Å². The number of hydrogen-bond acceptors (Lipinski definition) is 2. The van der Waals surface area contributed by atoms with Crippen LogP contribution in [0.2, 0.25) is 0 Å². The molecule has 4 rings (SSSR count). The zero-order chi connectivity index (χ0) is 21.4. The second-order valence-corrected chi connectivity index (χ2v) is 8.63. The standard InChI is InChI=1S/C26H22BrNO2/c1-16-11-17(2)23(18(3)12-16)15-28-24-10-9-20(27)13-21(24)22(14-25(28)29)26(30)19-7-5-4-6-8-19/h4-14H,15H2,1-3H3. The molecule has 4 aromatic rings. The number of fused-ring (bicyclic) bond motifs is 1. The van der Waals surface area contributed by atoms with Gasteiger partial charge >= 0.3 is 0 Å². The number of benzene rings is 3. The van der Waals surface area contributed by atoms with Gasteiger partial charge in [-0.2, -0.15) is 0 Å². The maximum atomic E-state index is 13.2. The van der Waals surface area contributed by atoms with Crippen molar-refractivity contribution in [3.63, 3.8) is 0 Å². The molecule has 0 aliphatic heterocycles. The minimum atomic E-state index is -0.177. The van der Waals surface area contributed by atoms with Crippen molar-refractivity contribution in [2.24, 2.45) is 0 Å². The van der Waals surface area contributed by atoms with Crippen LogP contribution in [0.25, 0.3) is 10.9 Å². The molecule has 0 atom stereocenters. The molecule has 3 nitrogen and oxygen atoms in total. The molecule has 0 saturated heterocycles. The van der Waals surface area contributed by atoms with Crippen molar-refractivity contribution in [3.8, 4) is 0 Å². The summed E-state index contributed by atoms with van der Waals surface area (Å²) in [7, 11) is 0. The Hall–Kier alpha value is -2.98. The topological polar surface area (TPSA) is 39.1 Å². The fourth-order valence-electron chi connectivity index (χ4n) is 4.07. The number of halogens is 1. The number of pyridine rings is 1. The average molecular weight is 460 g/mol. The quantitative estimate of drug-likeness (QED) is 0.352. The van der Waals surface area contributed by atoms with Crippen LogP contribution in [0.5, 0.6) is 0 Å². The summed E-state index contributed by atoms with van der Waals surface area (Å²) in [5, 5.41) is 0.764. The van der Waals surface area contributed by atoms with E-state index >= 15 is 0 Å². The molecule has 150 valence electrons. The normalized spacial score (nSPS) is 11.1. The molecular weight excluding hydrogens is 438 g/mol. The molecule has 3 aromatic carbocycles. The van der Waals surface area contributed by atoms with E-state index in [1.54, 1.807) is 16.7 Å². The van der Waals surface area contributed by atoms with Gasteiger partial charge in [0.2, 0.25) is 0 Å². The zero-order valence-corrected chi connectivity index (χ0v) is 18.8. The van der Waals surface area contributed by atoms with E-state index in [9.17, 15) is 9.59 Å². The molecule has 0 radical (unpaired) electrons. The van der Waals surface area contributed by atoms with Gasteiger partial charge in [0.05, 0.1) is 12.1 Å². The van der Waals surface area contributed by atoms with Crippen molar-refractivity contribution in [1.29, 1.82) is 0 Å². The van der Waals surface area contributed by atoms with Crippen LogP contribution in [-0.2, 0) is 6.54 Å². The number of carbonyl (C=O) groups excluding carboxylic acids is 1. The number of aromatic nitrogens is 1. The third-order valence-electron chi connectivity index (χ3n) is 5.51. The average Bonchev–Trinajstić information content (AvgIpc) is 2.71. The third kappa shape index (κ3) is 3.75. The zero-order valence-electron chi connectivity index (χ0n) is 17.2. The summed E-state index contributed by atoms with van der Waals surface area (Å²) in [6.07, 6.45) is 0. The molecule has 0 aliphatic carbocycles. The number of hydrogen-bond donors (Lipinski definition) is 0. The lowest BCUT2D eigenvalue weighted by Crippen LogP contribution is -2.23. The van der Waals surface area contributed by atoms with Crippen LogP contribution in [0.15, 0.2) is 76.0 Å². The fourth-order valence-corrected chi connectivity index (χ4v) is 4.43. The Balaban J connectivity index is 1.93. The molecule has 0 saturated carbocycles. The predicted octanol–water partition coefficient (Wildman–Crippen LogP) is 5.97. The van der Waals surface area contributed by atoms with Gasteiger partial charge in [0.25, 0.3) is 5.56 Å². The van der Waals surface area contributed by atoms with Crippen molar-refractivity contribution in [2.45, 2.75) is 27.3 Å². The molecule has 1 heterocycles. The highest BCUT2D eigenvalue weighted by atomic mass is 79.9. The van der Waals surface area contributed by atoms with Gasteiger partial charge in [0, 0.05) is 27.1 Å². The first-order valence-corrected chi connectivity index (χ1v) is 10.6. The Morgan fingerprint density at radius 3 is 2.23 bits per heavy atom. The summed E-state index contributed by atoms with van der Waals surface area (Å²) in [6.45, 7) is 6.69. The van der Waals surface area contributed by atoms with E-state index in [1.165, 1.54) is 11.6 Å². The first-order valence-electron chi connectivity index (χ1n) is 9.84. The summed E-state index contributed by atoms with van der Waals surface area (Å²) in [5.74, 6) is -0.148. The highest BCUT2D eigenvalue weighted by Gasteiger charge is 2.17. The molecule has 0 spiro atoms. The van der Waals surface area contributed by atoms with E-state index in [0.717, 1.165) is 32.1 Å². The van der Waals surface area contributed by atoms with E-state index in [4.69, 9.17) is 0 Å². The highest BCUT2D eigenvalue weighted by Crippen LogP contribution is 2.26. The minimum absolute atomic E-state index is 0.148. The fraction of sp³-hybridized carbons (Fsp3) is 0.154. The predicted molar refractivity (Wildman–Crippen MR) is 126 cm³/mol. The van der Waals surface area contributed by atoms with Gasteiger partial charge in [-0.15, -0.1) is 0 Å². The Labute approximate surface area is 184 Å². The highest BCUT2D eigenvalue weighted by molar-refractivity contribution is 9.10. The van der Waals surface area contributed by atoms with Gasteiger partial charge in [-0.3, -0.25) is 9.59 Å². The van der Waals surface area contributed by atoms with Crippen molar-refractivity contribution in [1.82, 2.24) is 4.57 Å². The smallest absolute Gasteiger partial charge is 0.252 e. The van der Waals surface area contributed by atoms with Gasteiger partial charge in [-0.1, -0.05) is 64.0 Å². The maximum absolute atomic E-state index is 13.2. The Bertz CT molecular complexity index is 1310. The van der Waals surface area contributed by atoms with Gasteiger partial charge in [-0.05, 0) is 55.7 Å². The van der Waals surface area contributed by atoms with Gasteiger partial charge in [0.1, 0.15) is 0 Å². The summed E-state index contributed by atoms with van der Waals surface area (Å²) in [5.41, 5.74) is 6.24. The number of ketones is 1. The monoisotopic (exact) mass is 459 g/mol. The minimum Gasteiger partial charge on any atom is -0.304 e. The molecular formula is C26H22BrNO2. The lowest BCUT2D eigenvalue weighted by Gasteiger charge is -2.17. The second kappa shape index (κ2) is 8.04. The van der Waals surface area contributed by atoms with Gasteiger partial charge < -0.3 is 4.57 Å².